The molecule has 0 unspecified atom stereocenters. The van der Waals surface area contributed by atoms with Gasteiger partial charge in [-0.1, -0.05) is 0 Å². The largest absolute Gasteiger partial charge is 0.372 e. The molecular formula is C16H21N3OS. The van der Waals surface area contributed by atoms with Gasteiger partial charge in [0.15, 0.2) is 0 Å². The van der Waals surface area contributed by atoms with E-state index in [1.807, 2.05) is 18.3 Å². The Morgan fingerprint density at radius 3 is 2.67 bits per heavy atom. The Hall–Kier alpha value is -1.20. The summed E-state index contributed by atoms with van der Waals surface area (Å²) in [5, 5.41) is 1.32. The first-order valence-electron chi connectivity index (χ1n) is 7.81. The van der Waals surface area contributed by atoms with Crippen molar-refractivity contribution in [1.82, 2.24) is 9.97 Å². The normalized spacial score (nSPS) is 25.6. The van der Waals surface area contributed by atoms with Crippen molar-refractivity contribution in [3.05, 3.63) is 16.3 Å². The third-order valence-corrected chi connectivity index (χ3v) is 5.56. The van der Waals surface area contributed by atoms with Gasteiger partial charge in [0, 0.05) is 18.0 Å². The molecule has 0 spiro atoms. The van der Waals surface area contributed by atoms with Gasteiger partial charge in [-0.3, -0.25) is 0 Å². The van der Waals surface area contributed by atoms with Crippen molar-refractivity contribution >= 4 is 27.4 Å². The maximum absolute atomic E-state index is 5.87. The summed E-state index contributed by atoms with van der Waals surface area (Å²) in [4.78, 5) is 14.6. The summed E-state index contributed by atoms with van der Waals surface area (Å²) in [5.74, 6) is 2.02. The molecule has 0 amide bonds. The molecule has 4 nitrogen and oxygen atoms in total. The molecule has 2 atom stereocenters. The molecule has 21 heavy (non-hydrogen) atoms. The molecule has 4 rings (SSSR count). The van der Waals surface area contributed by atoms with Crippen LogP contribution in [-0.2, 0) is 17.6 Å². The lowest BCUT2D eigenvalue weighted by atomic mass is 10.1. The number of rotatable bonds is 1. The van der Waals surface area contributed by atoms with E-state index in [0.717, 1.165) is 24.7 Å². The number of morpholine rings is 1. The quantitative estimate of drug-likeness (QED) is 0.811. The number of anilines is 1. The fourth-order valence-electron chi connectivity index (χ4n) is 3.66. The standard InChI is InChI=1S/C16H21N3OS/c1-9-7-19(8-10(2)20-9)15-14-12-5-4-6-13(12)21-16(14)18-11(3)17-15/h9-10H,4-8H2,1-3H3/t9-,10+. The Balaban J connectivity index is 1.87. The predicted molar refractivity (Wildman–Crippen MR) is 86.4 cm³/mol. The molecule has 0 saturated carbocycles. The van der Waals surface area contributed by atoms with Crippen LogP contribution in [0.5, 0.6) is 0 Å². The van der Waals surface area contributed by atoms with Crippen LogP contribution < -0.4 is 4.90 Å². The average Bonchev–Trinajstić information content (AvgIpc) is 2.96. The van der Waals surface area contributed by atoms with Gasteiger partial charge in [0.2, 0.25) is 0 Å². The molecule has 2 aromatic heterocycles. The van der Waals surface area contributed by atoms with Crippen molar-refractivity contribution in [3.63, 3.8) is 0 Å². The van der Waals surface area contributed by atoms with Gasteiger partial charge < -0.3 is 9.64 Å². The minimum absolute atomic E-state index is 0.255. The minimum atomic E-state index is 0.255. The third-order valence-electron chi connectivity index (χ3n) is 4.38. The first kappa shape index (κ1) is 13.5. The molecule has 0 bridgehead atoms. The predicted octanol–water partition coefficient (Wildman–Crippen LogP) is 3.10. The van der Waals surface area contributed by atoms with E-state index >= 15 is 0 Å². The van der Waals surface area contributed by atoms with Crippen LogP contribution >= 0.6 is 11.3 Å². The summed E-state index contributed by atoms with van der Waals surface area (Å²) in [6.45, 7) is 8.13. The summed E-state index contributed by atoms with van der Waals surface area (Å²) in [5.41, 5.74) is 1.51. The summed E-state index contributed by atoms with van der Waals surface area (Å²) in [6.07, 6.45) is 4.19. The van der Waals surface area contributed by atoms with E-state index in [-0.39, 0.29) is 12.2 Å². The lowest BCUT2D eigenvalue weighted by Crippen LogP contribution is -2.46. The number of nitrogens with zero attached hydrogens (tertiary/aromatic N) is 3. The van der Waals surface area contributed by atoms with E-state index in [9.17, 15) is 0 Å². The monoisotopic (exact) mass is 303 g/mol. The fourth-order valence-corrected chi connectivity index (χ4v) is 4.96. The molecule has 0 radical (unpaired) electrons. The molecular weight excluding hydrogens is 282 g/mol. The zero-order chi connectivity index (χ0) is 14.6. The Kier molecular flexibility index (Phi) is 3.15. The Bertz CT molecular complexity index is 686. The number of aromatic nitrogens is 2. The summed E-state index contributed by atoms with van der Waals surface area (Å²) >= 11 is 1.87. The highest BCUT2D eigenvalue weighted by Crippen LogP contribution is 2.41. The second kappa shape index (κ2) is 4.92. The maximum atomic E-state index is 5.87. The first-order chi connectivity index (χ1) is 10.1. The van der Waals surface area contributed by atoms with Gasteiger partial charge in [0.25, 0.3) is 0 Å². The third kappa shape index (κ3) is 2.23. The molecule has 5 heteroatoms. The highest BCUT2D eigenvalue weighted by Gasteiger charge is 2.28. The SMILES string of the molecule is Cc1nc(N2C[C@@H](C)O[C@@H](C)C2)c2c3c(sc2n1)CCC3. The zero-order valence-corrected chi connectivity index (χ0v) is 13.7. The second-order valence-electron chi connectivity index (χ2n) is 6.29. The van der Waals surface area contributed by atoms with Crippen LogP contribution in [0.3, 0.4) is 0 Å². The van der Waals surface area contributed by atoms with Crippen LogP contribution in [0.2, 0.25) is 0 Å². The van der Waals surface area contributed by atoms with Crippen molar-refractivity contribution in [2.24, 2.45) is 0 Å². The van der Waals surface area contributed by atoms with Gasteiger partial charge >= 0.3 is 0 Å². The summed E-state index contributed by atoms with van der Waals surface area (Å²) in [6, 6.07) is 0. The molecule has 1 aliphatic carbocycles. The van der Waals surface area contributed by atoms with Crippen LogP contribution in [0.25, 0.3) is 10.2 Å². The first-order valence-corrected chi connectivity index (χ1v) is 8.62. The maximum Gasteiger partial charge on any atom is 0.141 e. The minimum Gasteiger partial charge on any atom is -0.372 e. The van der Waals surface area contributed by atoms with E-state index in [0.29, 0.717) is 0 Å². The van der Waals surface area contributed by atoms with E-state index < -0.39 is 0 Å². The van der Waals surface area contributed by atoms with E-state index in [4.69, 9.17) is 9.72 Å². The molecule has 0 aromatic carbocycles. The lowest BCUT2D eigenvalue weighted by Gasteiger charge is -2.36. The number of hydrogen-bond donors (Lipinski definition) is 0. The Morgan fingerprint density at radius 1 is 1.14 bits per heavy atom. The van der Waals surface area contributed by atoms with Crippen LogP contribution in [0.15, 0.2) is 0 Å². The average molecular weight is 303 g/mol. The molecule has 1 saturated heterocycles. The van der Waals surface area contributed by atoms with E-state index in [1.165, 1.54) is 39.9 Å². The fraction of sp³-hybridized carbons (Fsp3) is 0.625. The molecule has 1 aliphatic heterocycles. The number of fused-ring (bicyclic) bond motifs is 3. The van der Waals surface area contributed by atoms with Gasteiger partial charge in [0.05, 0.1) is 17.6 Å². The van der Waals surface area contributed by atoms with Crippen LogP contribution in [-0.4, -0.2) is 35.3 Å². The smallest absolute Gasteiger partial charge is 0.141 e. The molecule has 2 aliphatic rings. The Morgan fingerprint density at radius 2 is 1.90 bits per heavy atom. The lowest BCUT2D eigenvalue weighted by molar-refractivity contribution is -0.00538. The van der Waals surface area contributed by atoms with Gasteiger partial charge in [-0.05, 0) is 45.6 Å². The topological polar surface area (TPSA) is 38.2 Å². The summed E-state index contributed by atoms with van der Waals surface area (Å²) in [7, 11) is 0. The molecule has 3 heterocycles. The van der Waals surface area contributed by atoms with E-state index in [2.05, 4.69) is 23.7 Å². The zero-order valence-electron chi connectivity index (χ0n) is 12.8. The van der Waals surface area contributed by atoms with Gasteiger partial charge in [-0.2, -0.15) is 0 Å². The van der Waals surface area contributed by atoms with Crippen LogP contribution in [0, 0.1) is 6.92 Å². The molecule has 112 valence electrons. The van der Waals surface area contributed by atoms with Gasteiger partial charge in [-0.15, -0.1) is 11.3 Å². The molecule has 2 aromatic rings. The number of aryl methyl sites for hydroxylation is 3. The van der Waals surface area contributed by atoms with Gasteiger partial charge in [0.1, 0.15) is 16.5 Å². The molecule has 1 fully saturated rings. The van der Waals surface area contributed by atoms with Crippen LogP contribution in [0.1, 0.15) is 36.5 Å². The molecule has 0 N–H and O–H groups in total. The van der Waals surface area contributed by atoms with Crippen molar-refractivity contribution in [1.29, 1.82) is 0 Å². The number of thiophene rings is 1. The van der Waals surface area contributed by atoms with Crippen molar-refractivity contribution in [3.8, 4) is 0 Å². The Labute approximate surface area is 129 Å². The number of hydrogen-bond acceptors (Lipinski definition) is 5. The highest BCUT2D eigenvalue weighted by molar-refractivity contribution is 7.19. The summed E-state index contributed by atoms with van der Waals surface area (Å²) < 4.78 is 5.87. The van der Waals surface area contributed by atoms with Crippen LogP contribution in [0.4, 0.5) is 5.82 Å². The van der Waals surface area contributed by atoms with Crippen molar-refractivity contribution in [2.45, 2.75) is 52.2 Å². The van der Waals surface area contributed by atoms with E-state index in [1.54, 1.807) is 0 Å². The highest BCUT2D eigenvalue weighted by atomic mass is 32.1. The van der Waals surface area contributed by atoms with Gasteiger partial charge in [-0.25, -0.2) is 9.97 Å². The van der Waals surface area contributed by atoms with Crippen molar-refractivity contribution in [2.75, 3.05) is 18.0 Å². The van der Waals surface area contributed by atoms with Crippen molar-refractivity contribution < 1.29 is 4.74 Å². The number of ether oxygens (including phenoxy) is 1. The second-order valence-corrected chi connectivity index (χ2v) is 7.38.